The average molecular weight is 406 g/mol. The fourth-order valence-corrected chi connectivity index (χ4v) is 4.46. The molecule has 2 aromatic heterocycles. The first-order chi connectivity index (χ1) is 14.6. The van der Waals surface area contributed by atoms with Crippen LogP contribution >= 0.6 is 0 Å². The van der Waals surface area contributed by atoms with Gasteiger partial charge in [0, 0.05) is 30.0 Å². The summed E-state index contributed by atoms with van der Waals surface area (Å²) in [6, 6.07) is 9.13. The number of carbonyl (C=O) groups excluding carboxylic acids is 2. The molecule has 2 aliphatic rings. The number of hydrogen-bond acceptors (Lipinski definition) is 5. The van der Waals surface area contributed by atoms with Crippen LogP contribution in [0.3, 0.4) is 0 Å². The maximum absolute atomic E-state index is 12.6. The second-order valence-corrected chi connectivity index (χ2v) is 7.90. The standard InChI is InChI=1S/C21H22N6O3/c28-19-15-4-2-1-3-14(15)18(24-25-19)12-5-7-13(8-6-12)23-20(29)16-11-17-21(30)22-9-10-27(17)26-16/h1-4,11-13H,5-10H2,(H,22,30)(H,23,29)(H,25,28)/t12-,13-. The molecule has 0 unspecified atom stereocenters. The smallest absolute Gasteiger partial charge is 0.272 e. The van der Waals surface area contributed by atoms with Crippen molar-refractivity contribution in [2.24, 2.45) is 0 Å². The second-order valence-electron chi connectivity index (χ2n) is 7.90. The predicted molar refractivity (Wildman–Crippen MR) is 109 cm³/mol. The lowest BCUT2D eigenvalue weighted by Crippen LogP contribution is -2.37. The summed E-state index contributed by atoms with van der Waals surface area (Å²) in [6.07, 6.45) is 3.38. The molecule has 3 N–H and O–H groups in total. The highest BCUT2D eigenvalue weighted by molar-refractivity contribution is 5.98. The number of H-pyrrole nitrogens is 1. The second kappa shape index (κ2) is 7.40. The van der Waals surface area contributed by atoms with Gasteiger partial charge in [-0.1, -0.05) is 18.2 Å². The fourth-order valence-electron chi connectivity index (χ4n) is 4.46. The summed E-state index contributed by atoms with van der Waals surface area (Å²) in [5.41, 5.74) is 1.44. The van der Waals surface area contributed by atoms with Crippen LogP contribution in [-0.2, 0) is 6.54 Å². The number of nitrogens with zero attached hydrogens (tertiary/aromatic N) is 3. The lowest BCUT2D eigenvalue weighted by Gasteiger charge is -2.29. The number of amides is 2. The van der Waals surface area contributed by atoms with Gasteiger partial charge in [0.1, 0.15) is 5.69 Å². The molecular weight excluding hydrogens is 384 g/mol. The molecule has 0 spiro atoms. The van der Waals surface area contributed by atoms with Crippen LogP contribution < -0.4 is 16.2 Å². The Morgan fingerprint density at radius 3 is 2.63 bits per heavy atom. The van der Waals surface area contributed by atoms with Crippen LogP contribution in [0.1, 0.15) is 58.3 Å². The number of benzene rings is 1. The van der Waals surface area contributed by atoms with Gasteiger partial charge < -0.3 is 10.6 Å². The first-order valence-electron chi connectivity index (χ1n) is 10.2. The van der Waals surface area contributed by atoms with Gasteiger partial charge >= 0.3 is 0 Å². The molecule has 1 saturated carbocycles. The van der Waals surface area contributed by atoms with Gasteiger partial charge in [-0.3, -0.25) is 19.1 Å². The Labute approximate surface area is 171 Å². The van der Waals surface area contributed by atoms with E-state index >= 15 is 0 Å². The van der Waals surface area contributed by atoms with Gasteiger partial charge in [0.2, 0.25) is 0 Å². The van der Waals surface area contributed by atoms with Crippen molar-refractivity contribution in [2.75, 3.05) is 6.54 Å². The van der Waals surface area contributed by atoms with Crippen molar-refractivity contribution < 1.29 is 9.59 Å². The third-order valence-electron chi connectivity index (χ3n) is 6.03. The largest absolute Gasteiger partial charge is 0.349 e. The normalized spacial score (nSPS) is 21.1. The topological polar surface area (TPSA) is 122 Å². The molecule has 154 valence electrons. The Bertz CT molecular complexity index is 1190. The highest BCUT2D eigenvalue weighted by Gasteiger charge is 2.28. The number of nitrogens with one attached hydrogen (secondary N) is 3. The van der Waals surface area contributed by atoms with Crippen LogP contribution in [0.5, 0.6) is 0 Å². The molecule has 0 saturated heterocycles. The monoisotopic (exact) mass is 406 g/mol. The SMILES string of the molecule is O=C(N[C@H]1CC[C@H](c2n[nH]c(=O)c3ccccc32)CC1)c1cc2n(n1)CCNC2=O. The molecule has 9 nitrogen and oxygen atoms in total. The molecule has 1 aliphatic carbocycles. The van der Waals surface area contributed by atoms with Gasteiger partial charge in [-0.25, -0.2) is 5.10 Å². The molecule has 3 aromatic rings. The molecule has 2 amide bonds. The minimum absolute atomic E-state index is 0.0512. The van der Waals surface area contributed by atoms with E-state index in [1.54, 1.807) is 10.7 Å². The van der Waals surface area contributed by atoms with Crippen molar-refractivity contribution >= 4 is 22.6 Å². The molecular formula is C21H22N6O3. The van der Waals surface area contributed by atoms with Crippen molar-refractivity contribution in [3.8, 4) is 0 Å². The number of rotatable bonds is 3. The third kappa shape index (κ3) is 3.26. The van der Waals surface area contributed by atoms with Crippen LogP contribution in [0.25, 0.3) is 10.8 Å². The van der Waals surface area contributed by atoms with E-state index in [0.717, 1.165) is 36.8 Å². The zero-order valence-electron chi connectivity index (χ0n) is 16.4. The number of hydrogen-bond donors (Lipinski definition) is 3. The lowest BCUT2D eigenvalue weighted by molar-refractivity contribution is 0.0910. The Kier molecular flexibility index (Phi) is 4.57. The average Bonchev–Trinajstić information content (AvgIpc) is 3.21. The molecule has 30 heavy (non-hydrogen) atoms. The van der Waals surface area contributed by atoms with Crippen molar-refractivity contribution in [3.05, 3.63) is 57.8 Å². The molecule has 1 aliphatic heterocycles. The van der Waals surface area contributed by atoms with E-state index < -0.39 is 0 Å². The van der Waals surface area contributed by atoms with Gasteiger partial charge in [0.15, 0.2) is 5.69 Å². The summed E-state index contributed by atoms with van der Waals surface area (Å²) in [4.78, 5) is 36.5. The van der Waals surface area contributed by atoms with Crippen LogP contribution in [0.2, 0.25) is 0 Å². The third-order valence-corrected chi connectivity index (χ3v) is 6.03. The van der Waals surface area contributed by atoms with Gasteiger partial charge in [0.05, 0.1) is 17.6 Å². The summed E-state index contributed by atoms with van der Waals surface area (Å²) in [7, 11) is 0. The quantitative estimate of drug-likeness (QED) is 0.606. The highest BCUT2D eigenvalue weighted by atomic mass is 16.2. The van der Waals surface area contributed by atoms with Crippen molar-refractivity contribution in [3.63, 3.8) is 0 Å². The fraction of sp³-hybridized carbons (Fsp3) is 0.381. The zero-order chi connectivity index (χ0) is 20.7. The summed E-state index contributed by atoms with van der Waals surface area (Å²) in [5.74, 6) is -0.210. The van der Waals surface area contributed by atoms with Crippen LogP contribution in [0, 0.1) is 0 Å². The Hall–Kier alpha value is -3.49. The van der Waals surface area contributed by atoms with E-state index in [-0.39, 0.29) is 35.0 Å². The highest BCUT2D eigenvalue weighted by Crippen LogP contribution is 2.34. The lowest BCUT2D eigenvalue weighted by atomic mass is 9.82. The molecule has 0 atom stereocenters. The minimum atomic E-state index is -0.249. The van der Waals surface area contributed by atoms with Gasteiger partial charge in [-0.05, 0) is 31.7 Å². The molecule has 1 fully saturated rings. The van der Waals surface area contributed by atoms with Gasteiger partial charge in [0.25, 0.3) is 17.4 Å². The molecule has 0 radical (unpaired) electrons. The molecule has 0 bridgehead atoms. The maximum Gasteiger partial charge on any atom is 0.272 e. The van der Waals surface area contributed by atoms with Gasteiger partial charge in [-0.2, -0.15) is 10.2 Å². The number of fused-ring (bicyclic) bond motifs is 2. The summed E-state index contributed by atoms with van der Waals surface area (Å²) in [5, 5.41) is 18.6. The summed E-state index contributed by atoms with van der Waals surface area (Å²) in [6.45, 7) is 1.09. The zero-order valence-corrected chi connectivity index (χ0v) is 16.4. The summed E-state index contributed by atoms with van der Waals surface area (Å²) < 4.78 is 1.58. The Balaban J connectivity index is 1.26. The van der Waals surface area contributed by atoms with Gasteiger partial charge in [-0.15, -0.1) is 0 Å². The molecule has 5 rings (SSSR count). The maximum atomic E-state index is 12.6. The van der Waals surface area contributed by atoms with Crippen molar-refractivity contribution in [2.45, 2.75) is 44.2 Å². The van der Waals surface area contributed by atoms with E-state index in [1.807, 2.05) is 24.3 Å². The van der Waals surface area contributed by atoms with E-state index in [1.165, 1.54) is 0 Å². The van der Waals surface area contributed by atoms with Crippen LogP contribution in [-0.4, -0.2) is 44.4 Å². The number of aromatic amines is 1. The first-order valence-corrected chi connectivity index (χ1v) is 10.2. The van der Waals surface area contributed by atoms with E-state index in [2.05, 4.69) is 25.9 Å². The van der Waals surface area contributed by atoms with E-state index in [9.17, 15) is 14.4 Å². The first kappa shape index (κ1) is 18.5. The van der Waals surface area contributed by atoms with E-state index in [0.29, 0.717) is 24.2 Å². The predicted octanol–water partition coefficient (Wildman–Crippen LogP) is 1.32. The van der Waals surface area contributed by atoms with Crippen molar-refractivity contribution in [1.29, 1.82) is 0 Å². The molecule has 9 heteroatoms. The molecule has 3 heterocycles. The minimum Gasteiger partial charge on any atom is -0.349 e. The molecule has 1 aromatic carbocycles. The Morgan fingerprint density at radius 1 is 1.10 bits per heavy atom. The summed E-state index contributed by atoms with van der Waals surface area (Å²) >= 11 is 0. The van der Waals surface area contributed by atoms with E-state index in [4.69, 9.17) is 0 Å². The number of carbonyl (C=O) groups is 2. The number of aromatic nitrogens is 4. The Morgan fingerprint density at radius 2 is 1.87 bits per heavy atom. The van der Waals surface area contributed by atoms with Crippen molar-refractivity contribution in [1.82, 2.24) is 30.6 Å². The van der Waals surface area contributed by atoms with Crippen LogP contribution in [0.4, 0.5) is 0 Å². The van der Waals surface area contributed by atoms with Crippen LogP contribution in [0.15, 0.2) is 35.1 Å².